The molecule has 9 heteroatoms. The second-order valence-electron chi connectivity index (χ2n) is 2.94. The summed E-state index contributed by atoms with van der Waals surface area (Å²) in [7, 11) is -9.47. The highest BCUT2D eigenvalue weighted by molar-refractivity contribution is 7.89. The molecule has 0 atom stereocenters. The van der Waals surface area contributed by atoms with Crippen LogP contribution in [0, 0.1) is 0 Å². The lowest BCUT2D eigenvalue weighted by molar-refractivity contribution is 0.466. The molecule has 0 saturated heterocycles. The van der Waals surface area contributed by atoms with Gasteiger partial charge in [-0.2, -0.15) is 16.8 Å². The van der Waals surface area contributed by atoms with Gasteiger partial charge < -0.3 is 5.73 Å². The maximum absolute atomic E-state index is 10.9. The fourth-order valence-corrected chi connectivity index (χ4v) is 2.90. The van der Waals surface area contributed by atoms with E-state index in [-0.39, 0.29) is 6.54 Å². The summed E-state index contributed by atoms with van der Waals surface area (Å²) in [5, 5.41) is 0. The molecule has 4 N–H and O–H groups in total. The Bertz CT molecular complexity index is 604. The van der Waals surface area contributed by atoms with E-state index in [1.165, 1.54) is 6.07 Å². The third-order valence-corrected chi connectivity index (χ3v) is 3.73. The third-order valence-electron chi connectivity index (χ3n) is 1.80. The summed E-state index contributed by atoms with van der Waals surface area (Å²) < 4.78 is 61.1. The van der Waals surface area contributed by atoms with Crippen LogP contribution in [-0.4, -0.2) is 25.9 Å². The molecule has 0 spiro atoms. The number of hydrogen-bond donors (Lipinski definition) is 3. The van der Waals surface area contributed by atoms with E-state index in [0.717, 1.165) is 12.1 Å². The molecule has 1 rings (SSSR count). The molecule has 0 amide bonds. The van der Waals surface area contributed by atoms with Crippen LogP contribution in [0.5, 0.6) is 0 Å². The average Bonchev–Trinajstić information content (AvgIpc) is 2.14. The zero-order valence-corrected chi connectivity index (χ0v) is 9.49. The molecular weight excluding hydrogens is 258 g/mol. The quantitative estimate of drug-likeness (QED) is 0.636. The zero-order valence-electron chi connectivity index (χ0n) is 7.86. The summed E-state index contributed by atoms with van der Waals surface area (Å²) in [6.07, 6.45) is 0. The topological polar surface area (TPSA) is 135 Å². The van der Waals surface area contributed by atoms with Gasteiger partial charge in [0.25, 0.3) is 20.2 Å². The Balaban J connectivity index is 3.66. The molecule has 0 aliphatic heterocycles. The molecule has 0 aliphatic carbocycles. The first-order chi connectivity index (χ1) is 7.16. The van der Waals surface area contributed by atoms with Crippen molar-refractivity contribution in [3.8, 4) is 0 Å². The fraction of sp³-hybridized carbons (Fsp3) is 0.143. The minimum Gasteiger partial charge on any atom is -0.326 e. The maximum Gasteiger partial charge on any atom is 0.295 e. The van der Waals surface area contributed by atoms with E-state index >= 15 is 0 Å². The molecule has 0 radical (unpaired) electrons. The first kappa shape index (κ1) is 13.1. The number of hydrogen-bond acceptors (Lipinski definition) is 5. The molecular formula is C7H9NO6S2. The smallest absolute Gasteiger partial charge is 0.295 e. The normalized spacial score (nSPS) is 12.7. The molecule has 0 saturated carbocycles. The van der Waals surface area contributed by atoms with Gasteiger partial charge in [0.05, 0.1) is 0 Å². The first-order valence-corrected chi connectivity index (χ1v) is 6.82. The molecule has 0 aromatic heterocycles. The van der Waals surface area contributed by atoms with Gasteiger partial charge in [-0.1, -0.05) is 6.07 Å². The van der Waals surface area contributed by atoms with Gasteiger partial charge in [0.1, 0.15) is 9.79 Å². The van der Waals surface area contributed by atoms with Crippen LogP contribution >= 0.6 is 0 Å². The van der Waals surface area contributed by atoms with Gasteiger partial charge in [-0.3, -0.25) is 9.11 Å². The minimum absolute atomic E-state index is 0.0335. The Morgan fingerprint density at radius 1 is 1.00 bits per heavy atom. The van der Waals surface area contributed by atoms with Crippen LogP contribution in [0.3, 0.4) is 0 Å². The second kappa shape index (κ2) is 4.11. The average molecular weight is 267 g/mol. The molecule has 0 fully saturated rings. The van der Waals surface area contributed by atoms with Gasteiger partial charge in [0.2, 0.25) is 0 Å². The molecule has 0 unspecified atom stereocenters. The highest BCUT2D eigenvalue weighted by Gasteiger charge is 2.23. The largest absolute Gasteiger partial charge is 0.326 e. The molecule has 0 heterocycles. The van der Waals surface area contributed by atoms with E-state index in [1.807, 2.05) is 0 Å². The highest BCUT2D eigenvalue weighted by atomic mass is 32.2. The van der Waals surface area contributed by atoms with Gasteiger partial charge in [0, 0.05) is 6.54 Å². The molecule has 16 heavy (non-hydrogen) atoms. The lowest BCUT2D eigenvalue weighted by Crippen LogP contribution is -2.10. The summed E-state index contributed by atoms with van der Waals surface area (Å²) in [6, 6.07) is 2.98. The van der Waals surface area contributed by atoms with Crippen LogP contribution in [0.25, 0.3) is 0 Å². The SMILES string of the molecule is NCc1ccc(S(=O)(=O)O)c(S(=O)(=O)O)c1. The van der Waals surface area contributed by atoms with E-state index in [4.69, 9.17) is 14.8 Å². The Kier molecular flexibility index (Phi) is 3.35. The van der Waals surface area contributed by atoms with E-state index in [1.54, 1.807) is 0 Å². The lowest BCUT2D eigenvalue weighted by Gasteiger charge is -2.06. The standard InChI is InChI=1S/C7H9NO6S2/c8-4-5-1-2-6(15(9,10)11)7(3-5)16(12,13)14/h1-3H,4,8H2,(H,9,10,11)(H,12,13,14). The first-order valence-electron chi connectivity index (χ1n) is 3.94. The Morgan fingerprint density at radius 2 is 1.50 bits per heavy atom. The third kappa shape index (κ3) is 2.77. The van der Waals surface area contributed by atoms with Crippen LogP contribution in [0.2, 0.25) is 0 Å². The second-order valence-corrected chi connectivity index (χ2v) is 5.72. The summed E-state index contributed by atoms with van der Waals surface area (Å²) in [6.45, 7) is -0.0335. The van der Waals surface area contributed by atoms with Crippen molar-refractivity contribution in [2.24, 2.45) is 5.73 Å². The van der Waals surface area contributed by atoms with Crippen molar-refractivity contribution in [3.63, 3.8) is 0 Å². The Morgan fingerprint density at radius 3 is 1.88 bits per heavy atom. The summed E-state index contributed by atoms with van der Waals surface area (Å²) in [5.41, 5.74) is 5.54. The van der Waals surface area contributed by atoms with Crippen LogP contribution in [0.15, 0.2) is 28.0 Å². The molecule has 0 bridgehead atoms. The van der Waals surface area contributed by atoms with E-state index in [2.05, 4.69) is 0 Å². The fourth-order valence-electron chi connectivity index (χ4n) is 1.09. The van der Waals surface area contributed by atoms with Gasteiger partial charge in [-0.25, -0.2) is 0 Å². The Labute approximate surface area is 92.4 Å². The van der Waals surface area contributed by atoms with Crippen molar-refractivity contribution in [1.29, 1.82) is 0 Å². The minimum atomic E-state index is -4.74. The van der Waals surface area contributed by atoms with Crippen molar-refractivity contribution in [1.82, 2.24) is 0 Å². The number of benzene rings is 1. The number of nitrogens with two attached hydrogens (primary N) is 1. The molecule has 1 aromatic rings. The van der Waals surface area contributed by atoms with Crippen molar-refractivity contribution >= 4 is 20.2 Å². The Hall–Kier alpha value is -1.00. The van der Waals surface area contributed by atoms with Crippen LogP contribution in [-0.2, 0) is 26.8 Å². The predicted molar refractivity (Wildman–Crippen MR) is 54.0 cm³/mol. The van der Waals surface area contributed by atoms with Crippen molar-refractivity contribution in [2.45, 2.75) is 16.3 Å². The summed E-state index contributed by atoms with van der Waals surface area (Å²) in [4.78, 5) is -1.77. The van der Waals surface area contributed by atoms with Crippen LogP contribution in [0.4, 0.5) is 0 Å². The molecule has 7 nitrogen and oxygen atoms in total. The monoisotopic (exact) mass is 267 g/mol. The van der Waals surface area contributed by atoms with Crippen molar-refractivity contribution in [2.75, 3.05) is 0 Å². The summed E-state index contributed by atoms with van der Waals surface area (Å²) >= 11 is 0. The molecule has 90 valence electrons. The van der Waals surface area contributed by atoms with Gasteiger partial charge in [0.15, 0.2) is 0 Å². The van der Waals surface area contributed by atoms with Gasteiger partial charge >= 0.3 is 0 Å². The van der Waals surface area contributed by atoms with E-state index in [0.29, 0.717) is 5.56 Å². The van der Waals surface area contributed by atoms with Crippen molar-refractivity contribution in [3.05, 3.63) is 23.8 Å². The van der Waals surface area contributed by atoms with E-state index < -0.39 is 30.0 Å². The highest BCUT2D eigenvalue weighted by Crippen LogP contribution is 2.21. The lowest BCUT2D eigenvalue weighted by atomic mass is 10.2. The molecule has 1 aromatic carbocycles. The zero-order chi connectivity index (χ0) is 12.6. The van der Waals surface area contributed by atoms with Gasteiger partial charge in [-0.05, 0) is 17.7 Å². The number of rotatable bonds is 3. The van der Waals surface area contributed by atoms with Crippen molar-refractivity contribution < 1.29 is 25.9 Å². The summed E-state index contributed by atoms with van der Waals surface area (Å²) in [5.74, 6) is 0. The van der Waals surface area contributed by atoms with Crippen LogP contribution < -0.4 is 5.73 Å². The van der Waals surface area contributed by atoms with E-state index in [9.17, 15) is 16.8 Å². The van der Waals surface area contributed by atoms with Gasteiger partial charge in [-0.15, -0.1) is 0 Å². The van der Waals surface area contributed by atoms with Crippen LogP contribution in [0.1, 0.15) is 5.56 Å². The maximum atomic E-state index is 10.9. The predicted octanol–water partition coefficient (Wildman–Crippen LogP) is -0.361. The molecule has 0 aliphatic rings.